The van der Waals surface area contributed by atoms with Crippen molar-refractivity contribution in [3.8, 4) is 0 Å². The number of aliphatic hydroxyl groups excluding tert-OH is 2. The van der Waals surface area contributed by atoms with Gasteiger partial charge in [0.05, 0.1) is 12.7 Å². The van der Waals surface area contributed by atoms with E-state index in [1.165, 1.54) is 4.63 Å². The predicted octanol–water partition coefficient (Wildman–Crippen LogP) is -1.72. The Bertz CT molecular complexity index is 444. The van der Waals surface area contributed by atoms with Gasteiger partial charge in [-0.15, -0.1) is 14.8 Å². The molecule has 0 aliphatic heterocycles. The molecule has 0 saturated heterocycles. The van der Waals surface area contributed by atoms with Crippen LogP contribution < -0.4 is 5.32 Å². The Morgan fingerprint density at radius 2 is 2.33 bits per heavy atom. The summed E-state index contributed by atoms with van der Waals surface area (Å²) in [6, 6.07) is 3.39. The van der Waals surface area contributed by atoms with Gasteiger partial charge in [-0.05, 0) is 22.6 Å². The molecule has 2 aromatic rings. The van der Waals surface area contributed by atoms with E-state index in [-0.39, 0.29) is 13.2 Å². The van der Waals surface area contributed by atoms with E-state index in [1.807, 2.05) is 0 Å². The lowest BCUT2D eigenvalue weighted by molar-refractivity contribution is 0.105. The third kappa shape index (κ3) is 2.17. The van der Waals surface area contributed by atoms with Crippen LogP contribution >= 0.6 is 0 Å². The van der Waals surface area contributed by atoms with Crippen LogP contribution in [0, 0.1) is 0 Å². The van der Waals surface area contributed by atoms with E-state index in [0.29, 0.717) is 11.5 Å². The molecule has 8 nitrogen and oxygen atoms in total. The molecule has 0 aromatic carbocycles. The van der Waals surface area contributed by atoms with Crippen LogP contribution in [0.2, 0.25) is 0 Å². The zero-order valence-corrected chi connectivity index (χ0v) is 7.78. The number of nitrogens with one attached hydrogen (secondary N) is 1. The fourth-order valence-corrected chi connectivity index (χ4v) is 1.03. The maximum atomic E-state index is 9.11. The maximum Gasteiger partial charge on any atom is 0.200 e. The summed E-state index contributed by atoms with van der Waals surface area (Å²) in [6.45, 7) is -0.0722. The molecule has 0 aliphatic rings. The summed E-state index contributed by atoms with van der Waals surface area (Å²) in [5.41, 5.74) is 0.545. The van der Waals surface area contributed by atoms with Crippen LogP contribution in [0.1, 0.15) is 0 Å². The van der Waals surface area contributed by atoms with Crippen molar-refractivity contribution in [2.75, 3.05) is 18.5 Å². The molecule has 0 amide bonds. The molecular weight excluding hydrogens is 200 g/mol. The van der Waals surface area contributed by atoms with E-state index in [2.05, 4.69) is 25.9 Å². The zero-order chi connectivity index (χ0) is 10.7. The lowest BCUT2D eigenvalue weighted by atomic mass is 10.4. The van der Waals surface area contributed by atoms with Crippen molar-refractivity contribution < 1.29 is 10.2 Å². The van der Waals surface area contributed by atoms with Crippen LogP contribution in [-0.4, -0.2) is 54.7 Å². The highest BCUT2D eigenvalue weighted by atomic mass is 16.3. The molecule has 1 atom stereocenters. The summed E-state index contributed by atoms with van der Waals surface area (Å²) in [6.07, 6.45) is -0.809. The Morgan fingerprint density at radius 3 is 3.13 bits per heavy atom. The van der Waals surface area contributed by atoms with Crippen LogP contribution in [-0.2, 0) is 0 Å². The molecule has 15 heavy (non-hydrogen) atoms. The molecule has 0 spiro atoms. The van der Waals surface area contributed by atoms with Crippen LogP contribution in [0.15, 0.2) is 12.1 Å². The molecule has 0 bridgehead atoms. The number of hydrogen-bond acceptors (Lipinski definition) is 7. The van der Waals surface area contributed by atoms with Gasteiger partial charge < -0.3 is 15.5 Å². The van der Waals surface area contributed by atoms with Crippen molar-refractivity contribution in [1.29, 1.82) is 0 Å². The highest BCUT2D eigenvalue weighted by Gasteiger charge is 2.03. The zero-order valence-electron chi connectivity index (χ0n) is 7.78. The highest BCUT2D eigenvalue weighted by Crippen LogP contribution is 2.02. The van der Waals surface area contributed by atoms with Crippen LogP contribution in [0.3, 0.4) is 0 Å². The first-order chi connectivity index (χ1) is 7.29. The van der Waals surface area contributed by atoms with Crippen molar-refractivity contribution >= 4 is 11.5 Å². The van der Waals surface area contributed by atoms with Gasteiger partial charge in [0.15, 0.2) is 5.65 Å². The predicted molar refractivity (Wildman–Crippen MR) is 50.2 cm³/mol. The summed E-state index contributed by atoms with van der Waals surface area (Å²) in [7, 11) is 0. The Balaban J connectivity index is 2.08. The van der Waals surface area contributed by atoms with E-state index in [1.54, 1.807) is 12.1 Å². The SMILES string of the molecule is OCC(O)CNc1ccc2nnnn2n1. The van der Waals surface area contributed by atoms with Gasteiger partial charge in [-0.25, -0.2) is 0 Å². The van der Waals surface area contributed by atoms with Crippen molar-refractivity contribution in [2.45, 2.75) is 6.10 Å². The molecule has 3 N–H and O–H groups in total. The summed E-state index contributed by atoms with van der Waals surface area (Å²) < 4.78 is 1.27. The minimum Gasteiger partial charge on any atom is -0.394 e. The van der Waals surface area contributed by atoms with Gasteiger partial charge in [0.2, 0.25) is 0 Å². The average molecular weight is 210 g/mol. The number of aliphatic hydroxyl groups is 2. The van der Waals surface area contributed by atoms with Crippen LogP contribution in [0.4, 0.5) is 5.82 Å². The Kier molecular flexibility index (Phi) is 2.70. The topological polar surface area (TPSA) is 108 Å². The maximum absolute atomic E-state index is 9.11. The van der Waals surface area contributed by atoms with Crippen molar-refractivity contribution in [3.63, 3.8) is 0 Å². The second-order valence-electron chi connectivity index (χ2n) is 2.96. The first-order valence-electron chi connectivity index (χ1n) is 4.38. The first-order valence-corrected chi connectivity index (χ1v) is 4.38. The van der Waals surface area contributed by atoms with Gasteiger partial charge in [-0.3, -0.25) is 0 Å². The fourth-order valence-electron chi connectivity index (χ4n) is 1.03. The number of aromatic nitrogens is 5. The molecule has 0 aliphatic carbocycles. The average Bonchev–Trinajstić information content (AvgIpc) is 2.72. The van der Waals surface area contributed by atoms with Gasteiger partial charge >= 0.3 is 0 Å². The Hall–Kier alpha value is -1.80. The molecule has 1 unspecified atom stereocenters. The normalized spacial score (nSPS) is 12.9. The molecule has 0 saturated carbocycles. The molecule has 2 heterocycles. The van der Waals surface area contributed by atoms with Crippen LogP contribution in [0.5, 0.6) is 0 Å². The summed E-state index contributed by atoms with van der Waals surface area (Å²) in [4.78, 5) is 0. The molecule has 8 heteroatoms. The van der Waals surface area contributed by atoms with Gasteiger partial charge in [-0.1, -0.05) is 0 Å². The summed E-state index contributed by atoms with van der Waals surface area (Å²) in [5.74, 6) is 0.530. The van der Waals surface area contributed by atoms with Crippen molar-refractivity contribution in [1.82, 2.24) is 25.3 Å². The van der Waals surface area contributed by atoms with E-state index < -0.39 is 6.10 Å². The largest absolute Gasteiger partial charge is 0.394 e. The monoisotopic (exact) mass is 210 g/mol. The van der Waals surface area contributed by atoms with E-state index in [9.17, 15) is 0 Å². The first kappa shape index (κ1) is 9.74. The smallest absolute Gasteiger partial charge is 0.200 e. The quantitative estimate of drug-likeness (QED) is 0.551. The number of tetrazole rings is 1. The minimum absolute atomic E-state index is 0.219. The number of hydrogen-bond donors (Lipinski definition) is 3. The number of anilines is 1. The fraction of sp³-hybridized carbons (Fsp3) is 0.429. The Labute approximate surface area is 84.5 Å². The molecule has 2 rings (SSSR count). The number of fused-ring (bicyclic) bond motifs is 1. The summed E-state index contributed by atoms with van der Waals surface area (Å²) in [5, 5.41) is 35.3. The molecular formula is C7H10N6O2. The van der Waals surface area contributed by atoms with Crippen LogP contribution in [0.25, 0.3) is 5.65 Å². The summed E-state index contributed by atoms with van der Waals surface area (Å²) >= 11 is 0. The second-order valence-corrected chi connectivity index (χ2v) is 2.96. The molecule has 0 radical (unpaired) electrons. The molecule has 2 aromatic heterocycles. The minimum atomic E-state index is -0.809. The van der Waals surface area contributed by atoms with Gasteiger partial charge in [0, 0.05) is 6.54 Å². The van der Waals surface area contributed by atoms with Gasteiger partial charge in [0.1, 0.15) is 5.82 Å². The van der Waals surface area contributed by atoms with Crippen molar-refractivity contribution in [2.24, 2.45) is 0 Å². The number of rotatable bonds is 4. The lowest BCUT2D eigenvalue weighted by Gasteiger charge is -2.08. The molecule has 0 fully saturated rings. The van der Waals surface area contributed by atoms with E-state index in [4.69, 9.17) is 10.2 Å². The third-order valence-corrected chi connectivity index (χ3v) is 1.80. The van der Waals surface area contributed by atoms with Gasteiger partial charge in [-0.2, -0.15) is 0 Å². The van der Waals surface area contributed by atoms with Gasteiger partial charge in [0.25, 0.3) is 0 Å². The third-order valence-electron chi connectivity index (χ3n) is 1.80. The van der Waals surface area contributed by atoms with E-state index >= 15 is 0 Å². The Morgan fingerprint density at radius 1 is 1.47 bits per heavy atom. The standard InChI is InChI=1S/C7H10N6O2/c14-4-5(15)3-8-6-1-2-7-9-11-12-13(7)10-6/h1-2,5,14-15H,3-4H2,(H,8,10). The molecule has 80 valence electrons. The number of nitrogens with zero attached hydrogens (tertiary/aromatic N) is 5. The second kappa shape index (κ2) is 4.15. The van der Waals surface area contributed by atoms with Crippen molar-refractivity contribution in [3.05, 3.63) is 12.1 Å². The highest BCUT2D eigenvalue weighted by molar-refractivity contribution is 5.42. The van der Waals surface area contributed by atoms with E-state index in [0.717, 1.165) is 0 Å². The lowest BCUT2D eigenvalue weighted by Crippen LogP contribution is -2.23.